The number of carbonyl (C=O) groups excluding carboxylic acids is 1. The van der Waals surface area contributed by atoms with E-state index in [-0.39, 0.29) is 18.1 Å². The monoisotopic (exact) mass is 173 g/mol. The van der Waals surface area contributed by atoms with E-state index in [1.807, 2.05) is 20.8 Å². The van der Waals surface area contributed by atoms with E-state index in [1.165, 1.54) is 0 Å². The van der Waals surface area contributed by atoms with E-state index in [0.29, 0.717) is 0 Å². The van der Waals surface area contributed by atoms with Gasteiger partial charge in [0.1, 0.15) is 6.04 Å². The average molecular weight is 173 g/mol. The number of nitrogens with one attached hydrogen (secondary N) is 1. The van der Waals surface area contributed by atoms with E-state index in [2.05, 4.69) is 12.2 Å². The Morgan fingerprint density at radius 1 is 1.42 bits per heavy atom. The first-order valence-electron chi connectivity index (χ1n) is 4.51. The molecule has 0 aliphatic heterocycles. The SMILES string of the molecule is CCCNC(C)C(=O)OC(C)C. The normalized spacial score (nSPS) is 13.1. The van der Waals surface area contributed by atoms with E-state index in [0.717, 1.165) is 13.0 Å². The molecule has 0 aromatic rings. The largest absolute Gasteiger partial charge is 0.462 e. The molecule has 0 fully saturated rings. The number of ether oxygens (including phenoxy) is 1. The van der Waals surface area contributed by atoms with Gasteiger partial charge in [0, 0.05) is 0 Å². The molecule has 0 aromatic carbocycles. The van der Waals surface area contributed by atoms with Crippen molar-refractivity contribution in [3.8, 4) is 0 Å². The van der Waals surface area contributed by atoms with Crippen molar-refractivity contribution in [2.75, 3.05) is 6.54 Å². The summed E-state index contributed by atoms with van der Waals surface area (Å²) in [4.78, 5) is 11.2. The topological polar surface area (TPSA) is 38.3 Å². The summed E-state index contributed by atoms with van der Waals surface area (Å²) in [6.07, 6.45) is 1.00. The van der Waals surface area contributed by atoms with Crippen LogP contribution in [0.1, 0.15) is 34.1 Å². The highest BCUT2D eigenvalue weighted by molar-refractivity contribution is 5.75. The molecule has 0 rings (SSSR count). The van der Waals surface area contributed by atoms with Crippen LogP contribution in [0.25, 0.3) is 0 Å². The summed E-state index contributed by atoms with van der Waals surface area (Å²) in [5, 5.41) is 3.06. The van der Waals surface area contributed by atoms with Crippen LogP contribution in [0.5, 0.6) is 0 Å². The Morgan fingerprint density at radius 3 is 2.42 bits per heavy atom. The molecule has 0 spiro atoms. The van der Waals surface area contributed by atoms with Crippen LogP contribution in [0.15, 0.2) is 0 Å². The predicted molar refractivity (Wildman–Crippen MR) is 49.0 cm³/mol. The van der Waals surface area contributed by atoms with Gasteiger partial charge < -0.3 is 10.1 Å². The van der Waals surface area contributed by atoms with Crippen LogP contribution in [0.3, 0.4) is 0 Å². The quantitative estimate of drug-likeness (QED) is 0.637. The van der Waals surface area contributed by atoms with Crippen LogP contribution in [0.2, 0.25) is 0 Å². The van der Waals surface area contributed by atoms with Crippen molar-refractivity contribution in [3.63, 3.8) is 0 Å². The molecule has 3 nitrogen and oxygen atoms in total. The van der Waals surface area contributed by atoms with Gasteiger partial charge in [0.2, 0.25) is 0 Å². The number of hydrogen-bond donors (Lipinski definition) is 1. The molecule has 0 aliphatic rings. The van der Waals surface area contributed by atoms with Crippen LogP contribution in [0.4, 0.5) is 0 Å². The van der Waals surface area contributed by atoms with E-state index in [4.69, 9.17) is 4.74 Å². The Balaban J connectivity index is 3.61. The minimum absolute atomic E-state index is 0.0247. The molecule has 0 aliphatic carbocycles. The minimum atomic E-state index is -0.188. The van der Waals surface area contributed by atoms with Gasteiger partial charge in [0.05, 0.1) is 6.10 Å². The van der Waals surface area contributed by atoms with Gasteiger partial charge in [-0.05, 0) is 33.7 Å². The third-order valence-corrected chi connectivity index (χ3v) is 1.41. The first kappa shape index (κ1) is 11.4. The molecule has 0 radical (unpaired) electrons. The summed E-state index contributed by atoms with van der Waals surface area (Å²) in [6, 6.07) is -0.188. The molecule has 0 heterocycles. The van der Waals surface area contributed by atoms with E-state index in [9.17, 15) is 4.79 Å². The molecule has 0 aromatic heterocycles. The first-order valence-corrected chi connectivity index (χ1v) is 4.51. The molecular weight excluding hydrogens is 154 g/mol. The molecule has 0 amide bonds. The number of esters is 1. The average Bonchev–Trinajstić information content (AvgIpc) is 1.98. The van der Waals surface area contributed by atoms with Crippen LogP contribution >= 0.6 is 0 Å². The molecule has 0 saturated heterocycles. The van der Waals surface area contributed by atoms with E-state index in [1.54, 1.807) is 0 Å². The van der Waals surface area contributed by atoms with Crippen molar-refractivity contribution in [2.45, 2.75) is 46.3 Å². The van der Waals surface area contributed by atoms with Crippen molar-refractivity contribution in [1.82, 2.24) is 5.32 Å². The molecule has 0 bridgehead atoms. The lowest BCUT2D eigenvalue weighted by Crippen LogP contribution is -2.36. The van der Waals surface area contributed by atoms with Gasteiger partial charge >= 0.3 is 5.97 Å². The maximum atomic E-state index is 11.2. The zero-order valence-corrected chi connectivity index (χ0v) is 8.39. The smallest absolute Gasteiger partial charge is 0.323 e. The highest BCUT2D eigenvalue weighted by Gasteiger charge is 2.13. The second-order valence-electron chi connectivity index (χ2n) is 3.16. The Bertz CT molecular complexity index is 134. The van der Waals surface area contributed by atoms with Crippen molar-refractivity contribution in [3.05, 3.63) is 0 Å². The van der Waals surface area contributed by atoms with Crippen molar-refractivity contribution >= 4 is 5.97 Å². The van der Waals surface area contributed by atoms with Crippen LogP contribution in [-0.2, 0) is 9.53 Å². The predicted octanol–water partition coefficient (Wildman–Crippen LogP) is 1.33. The summed E-state index contributed by atoms with van der Waals surface area (Å²) in [7, 11) is 0. The van der Waals surface area contributed by atoms with Crippen molar-refractivity contribution in [2.24, 2.45) is 0 Å². The molecule has 3 heteroatoms. The zero-order valence-electron chi connectivity index (χ0n) is 8.39. The highest BCUT2D eigenvalue weighted by atomic mass is 16.5. The maximum Gasteiger partial charge on any atom is 0.323 e. The summed E-state index contributed by atoms with van der Waals surface area (Å²) in [6.45, 7) is 8.44. The lowest BCUT2D eigenvalue weighted by molar-refractivity contribution is -0.149. The molecule has 0 saturated carbocycles. The summed E-state index contributed by atoms with van der Waals surface area (Å²) in [5.74, 6) is -0.168. The standard InChI is InChI=1S/C9H19NO2/c1-5-6-10-8(4)9(11)12-7(2)3/h7-8,10H,5-6H2,1-4H3. The fraction of sp³-hybridized carbons (Fsp3) is 0.889. The maximum absolute atomic E-state index is 11.2. The van der Waals surface area contributed by atoms with Crippen molar-refractivity contribution < 1.29 is 9.53 Å². The van der Waals surface area contributed by atoms with E-state index >= 15 is 0 Å². The Kier molecular flexibility index (Phi) is 5.72. The first-order chi connectivity index (χ1) is 5.57. The van der Waals surface area contributed by atoms with Gasteiger partial charge in [-0.3, -0.25) is 4.79 Å². The molecule has 12 heavy (non-hydrogen) atoms. The Hall–Kier alpha value is -0.570. The fourth-order valence-corrected chi connectivity index (χ4v) is 0.779. The van der Waals surface area contributed by atoms with Crippen LogP contribution in [-0.4, -0.2) is 24.7 Å². The minimum Gasteiger partial charge on any atom is -0.462 e. The Labute approximate surface area is 74.5 Å². The van der Waals surface area contributed by atoms with Gasteiger partial charge in [0.25, 0.3) is 0 Å². The molecule has 72 valence electrons. The number of rotatable bonds is 5. The zero-order chi connectivity index (χ0) is 9.56. The lowest BCUT2D eigenvalue weighted by atomic mass is 10.3. The second-order valence-corrected chi connectivity index (χ2v) is 3.16. The van der Waals surface area contributed by atoms with Gasteiger partial charge in [-0.25, -0.2) is 0 Å². The summed E-state index contributed by atoms with van der Waals surface area (Å²) < 4.78 is 5.01. The molecular formula is C9H19NO2. The number of carbonyl (C=O) groups is 1. The third kappa shape index (κ3) is 5.13. The molecule has 1 atom stereocenters. The van der Waals surface area contributed by atoms with Gasteiger partial charge in [-0.1, -0.05) is 6.92 Å². The highest BCUT2D eigenvalue weighted by Crippen LogP contribution is 1.93. The summed E-state index contributed by atoms with van der Waals surface area (Å²) >= 11 is 0. The molecule has 1 unspecified atom stereocenters. The van der Waals surface area contributed by atoms with Crippen LogP contribution < -0.4 is 5.32 Å². The van der Waals surface area contributed by atoms with Gasteiger partial charge in [0.15, 0.2) is 0 Å². The fourth-order valence-electron chi connectivity index (χ4n) is 0.779. The molecule has 1 N–H and O–H groups in total. The van der Waals surface area contributed by atoms with Gasteiger partial charge in [-0.2, -0.15) is 0 Å². The summed E-state index contributed by atoms with van der Waals surface area (Å²) in [5.41, 5.74) is 0. The van der Waals surface area contributed by atoms with E-state index < -0.39 is 0 Å². The van der Waals surface area contributed by atoms with Gasteiger partial charge in [-0.15, -0.1) is 0 Å². The number of hydrogen-bond acceptors (Lipinski definition) is 3. The second kappa shape index (κ2) is 6.00. The third-order valence-electron chi connectivity index (χ3n) is 1.41. The van der Waals surface area contributed by atoms with Crippen LogP contribution in [0, 0.1) is 0 Å². The lowest BCUT2D eigenvalue weighted by Gasteiger charge is -2.14. The van der Waals surface area contributed by atoms with Crippen molar-refractivity contribution in [1.29, 1.82) is 0 Å². The Morgan fingerprint density at radius 2 is 2.00 bits per heavy atom.